The van der Waals surface area contributed by atoms with Crippen LogP contribution in [-0.2, 0) is 20.9 Å². The number of aromatic hydroxyl groups is 2. The van der Waals surface area contributed by atoms with Gasteiger partial charge in [-0.05, 0) is 30.7 Å². The Morgan fingerprint density at radius 2 is 1.63 bits per heavy atom. The van der Waals surface area contributed by atoms with Gasteiger partial charge < -0.3 is 34.1 Å². The van der Waals surface area contributed by atoms with Crippen LogP contribution in [0.1, 0.15) is 29.2 Å². The molecule has 1 atom stereocenters. The molecular formula is C20H23NO9. The lowest BCUT2D eigenvalue weighted by molar-refractivity contribution is -0.141. The fourth-order valence-corrected chi connectivity index (χ4v) is 3.18. The third kappa shape index (κ3) is 4.48. The van der Waals surface area contributed by atoms with Gasteiger partial charge in [0, 0.05) is 11.6 Å². The molecule has 1 aromatic carbocycles. The smallest absolute Gasteiger partial charge is 0.323 e. The number of hydrogen-bond donors (Lipinski definition) is 3. The van der Waals surface area contributed by atoms with Crippen molar-refractivity contribution in [1.82, 2.24) is 4.57 Å². The van der Waals surface area contributed by atoms with Crippen LogP contribution in [0.4, 0.5) is 0 Å². The molecule has 3 N–H and O–H groups in total. The molecule has 0 spiro atoms. The molecule has 0 aliphatic carbocycles. The summed E-state index contributed by atoms with van der Waals surface area (Å²) in [4.78, 5) is 36.3. The van der Waals surface area contributed by atoms with Gasteiger partial charge in [-0.15, -0.1) is 0 Å². The minimum atomic E-state index is -1.24. The summed E-state index contributed by atoms with van der Waals surface area (Å²) in [6, 6.07) is 4.04. The topological polar surface area (TPSA) is 145 Å². The summed E-state index contributed by atoms with van der Waals surface area (Å²) in [5, 5.41) is 29.8. The zero-order valence-electron chi connectivity index (χ0n) is 17.0. The standard InChI is InChI=1S/C20H23NO9/c1-10-5-13(22)18(20(27)21(10)9-16(23)24)12(8-17(25)30-4)11-6-14(28-2)19(26)15(7-11)29-3/h5-7,12,22,26H,8-9H2,1-4H3,(H,23,24)/t12-/m0/s1. The molecule has 1 heterocycles. The maximum atomic E-state index is 13.1. The number of aliphatic carboxylic acids is 1. The average molecular weight is 421 g/mol. The van der Waals surface area contributed by atoms with Crippen molar-refractivity contribution in [2.75, 3.05) is 21.3 Å². The van der Waals surface area contributed by atoms with E-state index in [1.165, 1.54) is 46.5 Å². The summed E-state index contributed by atoms with van der Waals surface area (Å²) in [6.45, 7) is 0.862. The van der Waals surface area contributed by atoms with Gasteiger partial charge in [0.05, 0.1) is 33.3 Å². The SMILES string of the molecule is COC(=O)C[C@@H](c1cc(OC)c(O)c(OC)c1)c1c(O)cc(C)n(CC(=O)O)c1=O. The number of hydrogen-bond acceptors (Lipinski definition) is 8. The van der Waals surface area contributed by atoms with E-state index < -0.39 is 35.7 Å². The summed E-state index contributed by atoms with van der Waals surface area (Å²) < 4.78 is 16.0. The lowest BCUT2D eigenvalue weighted by Gasteiger charge is -2.21. The number of aromatic nitrogens is 1. The van der Waals surface area contributed by atoms with Crippen molar-refractivity contribution in [3.63, 3.8) is 0 Å². The number of rotatable bonds is 8. The van der Waals surface area contributed by atoms with Crippen molar-refractivity contribution in [3.05, 3.63) is 45.4 Å². The summed E-state index contributed by atoms with van der Waals surface area (Å²) in [6.07, 6.45) is -0.341. The predicted molar refractivity (Wildman–Crippen MR) is 104 cm³/mol. The Kier molecular flexibility index (Phi) is 6.93. The fraction of sp³-hybridized carbons (Fsp3) is 0.350. The second kappa shape index (κ2) is 9.21. The van der Waals surface area contributed by atoms with E-state index in [0.29, 0.717) is 5.56 Å². The number of methoxy groups -OCH3 is 3. The largest absolute Gasteiger partial charge is 0.507 e. The molecule has 1 aromatic heterocycles. The Morgan fingerprint density at radius 3 is 2.10 bits per heavy atom. The molecule has 0 unspecified atom stereocenters. The van der Waals surface area contributed by atoms with Gasteiger partial charge in [0.2, 0.25) is 5.75 Å². The Labute approximate surface area is 171 Å². The van der Waals surface area contributed by atoms with Crippen molar-refractivity contribution < 1.29 is 39.1 Å². The molecule has 0 saturated heterocycles. The molecule has 0 fully saturated rings. The van der Waals surface area contributed by atoms with Crippen LogP contribution in [0.5, 0.6) is 23.0 Å². The van der Waals surface area contributed by atoms with Crippen LogP contribution in [0.2, 0.25) is 0 Å². The minimum absolute atomic E-state index is 0.0247. The molecular weight excluding hydrogens is 398 g/mol. The van der Waals surface area contributed by atoms with Gasteiger partial charge in [0.25, 0.3) is 5.56 Å². The minimum Gasteiger partial charge on any atom is -0.507 e. The molecule has 10 nitrogen and oxygen atoms in total. The molecule has 0 radical (unpaired) electrons. The normalized spacial score (nSPS) is 11.6. The van der Waals surface area contributed by atoms with E-state index in [9.17, 15) is 24.6 Å². The highest BCUT2D eigenvalue weighted by atomic mass is 16.5. The molecule has 162 valence electrons. The number of aryl methyl sites for hydroxylation is 1. The molecule has 0 aliphatic heterocycles. The molecule has 2 aromatic rings. The third-order valence-corrected chi connectivity index (χ3v) is 4.67. The highest BCUT2D eigenvalue weighted by Gasteiger charge is 2.29. The Morgan fingerprint density at radius 1 is 1.07 bits per heavy atom. The number of pyridine rings is 1. The van der Waals surface area contributed by atoms with Crippen LogP contribution in [0, 0.1) is 6.92 Å². The Hall–Kier alpha value is -3.69. The van der Waals surface area contributed by atoms with Crippen molar-refractivity contribution in [3.8, 4) is 23.0 Å². The first-order valence-corrected chi connectivity index (χ1v) is 8.81. The number of nitrogens with zero attached hydrogens (tertiary/aromatic N) is 1. The van der Waals surface area contributed by atoms with E-state index >= 15 is 0 Å². The number of ether oxygens (including phenoxy) is 3. The van der Waals surface area contributed by atoms with E-state index in [-0.39, 0.29) is 34.9 Å². The Bertz CT molecular complexity index is 1000. The van der Waals surface area contributed by atoms with E-state index in [0.717, 1.165) is 4.57 Å². The van der Waals surface area contributed by atoms with Gasteiger partial charge >= 0.3 is 11.9 Å². The van der Waals surface area contributed by atoms with Crippen molar-refractivity contribution in [1.29, 1.82) is 0 Å². The predicted octanol–water partition coefficient (Wildman–Crippen LogP) is 1.36. The molecule has 0 aliphatic rings. The number of esters is 1. The summed E-state index contributed by atoms with van der Waals surface area (Å²) >= 11 is 0. The molecule has 0 bridgehead atoms. The summed E-state index contributed by atoms with van der Waals surface area (Å²) in [5.74, 6) is -3.58. The Balaban J connectivity index is 2.81. The lowest BCUT2D eigenvalue weighted by atomic mass is 9.87. The van der Waals surface area contributed by atoms with Gasteiger partial charge in [0.1, 0.15) is 12.3 Å². The van der Waals surface area contributed by atoms with E-state index in [1.807, 2.05) is 0 Å². The number of carboxylic acid groups (broad SMARTS) is 1. The van der Waals surface area contributed by atoms with Crippen LogP contribution in [0.3, 0.4) is 0 Å². The molecule has 30 heavy (non-hydrogen) atoms. The quantitative estimate of drug-likeness (QED) is 0.538. The maximum Gasteiger partial charge on any atom is 0.323 e. The zero-order chi connectivity index (χ0) is 22.6. The molecule has 2 rings (SSSR count). The number of phenolic OH excluding ortho intramolecular Hbond substituents is 1. The van der Waals surface area contributed by atoms with E-state index in [4.69, 9.17) is 19.3 Å². The third-order valence-electron chi connectivity index (χ3n) is 4.67. The van der Waals surface area contributed by atoms with Crippen LogP contribution in [0.25, 0.3) is 0 Å². The van der Waals surface area contributed by atoms with Crippen molar-refractivity contribution in [2.45, 2.75) is 25.8 Å². The van der Waals surface area contributed by atoms with Gasteiger partial charge in [-0.25, -0.2) is 0 Å². The summed E-state index contributed by atoms with van der Waals surface area (Å²) in [5.41, 5.74) is -0.414. The number of carbonyl (C=O) groups excluding carboxylic acids is 1. The van der Waals surface area contributed by atoms with Crippen LogP contribution in [0.15, 0.2) is 23.0 Å². The molecule has 0 saturated carbocycles. The van der Waals surface area contributed by atoms with E-state index in [2.05, 4.69) is 0 Å². The van der Waals surface area contributed by atoms with Gasteiger partial charge in [0.15, 0.2) is 11.5 Å². The monoisotopic (exact) mass is 421 g/mol. The highest BCUT2D eigenvalue weighted by Crippen LogP contribution is 2.42. The second-order valence-electron chi connectivity index (χ2n) is 6.48. The average Bonchev–Trinajstić information content (AvgIpc) is 2.70. The molecule has 10 heteroatoms. The maximum absolute atomic E-state index is 13.1. The van der Waals surface area contributed by atoms with Crippen LogP contribution >= 0.6 is 0 Å². The van der Waals surface area contributed by atoms with Crippen molar-refractivity contribution in [2.24, 2.45) is 0 Å². The van der Waals surface area contributed by atoms with Gasteiger partial charge in [-0.3, -0.25) is 14.4 Å². The van der Waals surface area contributed by atoms with Gasteiger partial charge in [-0.1, -0.05) is 0 Å². The van der Waals surface area contributed by atoms with E-state index in [1.54, 1.807) is 0 Å². The first kappa shape index (κ1) is 22.6. The number of benzene rings is 1. The number of phenols is 1. The summed E-state index contributed by atoms with van der Waals surface area (Å²) in [7, 11) is 3.81. The number of carboxylic acids is 1. The fourth-order valence-electron chi connectivity index (χ4n) is 3.18. The second-order valence-corrected chi connectivity index (χ2v) is 6.48. The first-order chi connectivity index (χ1) is 14.1. The van der Waals surface area contributed by atoms with Gasteiger partial charge in [-0.2, -0.15) is 0 Å². The zero-order valence-corrected chi connectivity index (χ0v) is 17.0. The van der Waals surface area contributed by atoms with Crippen molar-refractivity contribution >= 4 is 11.9 Å². The lowest BCUT2D eigenvalue weighted by Crippen LogP contribution is -2.31. The number of carbonyl (C=O) groups is 2. The molecule has 0 amide bonds. The first-order valence-electron chi connectivity index (χ1n) is 8.81. The highest BCUT2D eigenvalue weighted by molar-refractivity contribution is 5.72. The van der Waals surface area contributed by atoms with Crippen LogP contribution in [-0.4, -0.2) is 53.2 Å². The van der Waals surface area contributed by atoms with Crippen LogP contribution < -0.4 is 15.0 Å².